The SMILES string of the molecule is CNCc1cnc(CCOc2ccccc2C)s1. The predicted molar refractivity (Wildman–Crippen MR) is 75.3 cm³/mol. The summed E-state index contributed by atoms with van der Waals surface area (Å²) in [6, 6.07) is 8.08. The quantitative estimate of drug-likeness (QED) is 0.869. The minimum Gasteiger partial charge on any atom is -0.493 e. The van der Waals surface area contributed by atoms with Crippen LogP contribution in [0.3, 0.4) is 0 Å². The van der Waals surface area contributed by atoms with Crippen LogP contribution < -0.4 is 10.1 Å². The minimum absolute atomic E-state index is 0.678. The Hall–Kier alpha value is -1.39. The van der Waals surface area contributed by atoms with Crippen LogP contribution in [0.1, 0.15) is 15.4 Å². The van der Waals surface area contributed by atoms with Gasteiger partial charge in [0.2, 0.25) is 0 Å². The molecule has 0 fully saturated rings. The smallest absolute Gasteiger partial charge is 0.122 e. The van der Waals surface area contributed by atoms with E-state index in [1.165, 1.54) is 10.4 Å². The maximum Gasteiger partial charge on any atom is 0.122 e. The average Bonchev–Trinajstić information content (AvgIpc) is 2.80. The maximum atomic E-state index is 5.76. The lowest BCUT2D eigenvalue weighted by Crippen LogP contribution is -2.02. The van der Waals surface area contributed by atoms with Crippen LogP contribution in [0.5, 0.6) is 5.75 Å². The average molecular weight is 262 g/mol. The summed E-state index contributed by atoms with van der Waals surface area (Å²) in [4.78, 5) is 5.65. The number of para-hydroxylation sites is 1. The van der Waals surface area contributed by atoms with Crippen molar-refractivity contribution in [2.45, 2.75) is 19.9 Å². The molecule has 0 amide bonds. The lowest BCUT2D eigenvalue weighted by atomic mass is 10.2. The van der Waals surface area contributed by atoms with Gasteiger partial charge >= 0.3 is 0 Å². The van der Waals surface area contributed by atoms with Gasteiger partial charge in [0.1, 0.15) is 5.75 Å². The minimum atomic E-state index is 0.678. The zero-order valence-corrected chi connectivity index (χ0v) is 11.6. The Kier molecular flexibility index (Phi) is 4.73. The third-order valence-corrected chi connectivity index (χ3v) is 3.68. The highest BCUT2D eigenvalue weighted by Crippen LogP contribution is 2.17. The molecule has 2 aromatic rings. The highest BCUT2D eigenvalue weighted by atomic mass is 32.1. The highest BCUT2D eigenvalue weighted by molar-refractivity contribution is 7.11. The molecular formula is C14H18N2OS. The Balaban J connectivity index is 1.83. The summed E-state index contributed by atoms with van der Waals surface area (Å²) in [5.41, 5.74) is 1.17. The molecule has 2 rings (SSSR count). The van der Waals surface area contributed by atoms with Gasteiger partial charge < -0.3 is 10.1 Å². The second-order valence-electron chi connectivity index (χ2n) is 4.11. The summed E-state index contributed by atoms with van der Waals surface area (Å²) in [6.07, 6.45) is 2.80. The van der Waals surface area contributed by atoms with Gasteiger partial charge in [-0.25, -0.2) is 4.98 Å². The fourth-order valence-electron chi connectivity index (χ4n) is 1.69. The Labute approximate surface area is 112 Å². The first-order chi connectivity index (χ1) is 8.79. The van der Waals surface area contributed by atoms with Gasteiger partial charge in [-0.05, 0) is 25.6 Å². The Morgan fingerprint density at radius 2 is 2.17 bits per heavy atom. The molecule has 0 spiro atoms. The first-order valence-corrected chi connectivity index (χ1v) is 6.88. The molecule has 1 heterocycles. The molecule has 3 nitrogen and oxygen atoms in total. The maximum absolute atomic E-state index is 5.76. The van der Waals surface area contributed by atoms with Crippen LogP contribution in [0, 0.1) is 6.92 Å². The zero-order chi connectivity index (χ0) is 12.8. The summed E-state index contributed by atoms with van der Waals surface area (Å²) in [5.74, 6) is 0.963. The van der Waals surface area contributed by atoms with Crippen molar-refractivity contribution in [3.05, 3.63) is 45.9 Å². The van der Waals surface area contributed by atoms with Gasteiger partial charge in [-0.2, -0.15) is 0 Å². The molecule has 0 aliphatic carbocycles. The third kappa shape index (κ3) is 3.55. The van der Waals surface area contributed by atoms with E-state index in [1.807, 2.05) is 31.4 Å². The first-order valence-electron chi connectivity index (χ1n) is 6.06. The van der Waals surface area contributed by atoms with E-state index in [9.17, 15) is 0 Å². The van der Waals surface area contributed by atoms with Crippen molar-refractivity contribution < 1.29 is 4.74 Å². The molecule has 1 N–H and O–H groups in total. The predicted octanol–water partition coefficient (Wildman–Crippen LogP) is 2.79. The number of rotatable bonds is 6. The number of hydrogen-bond acceptors (Lipinski definition) is 4. The van der Waals surface area contributed by atoms with Crippen LogP contribution >= 0.6 is 11.3 Å². The van der Waals surface area contributed by atoms with Gasteiger partial charge in [-0.1, -0.05) is 18.2 Å². The standard InChI is InChI=1S/C14H18N2OS/c1-11-5-3-4-6-13(11)17-8-7-14-16-10-12(18-14)9-15-2/h3-6,10,15H,7-9H2,1-2H3. The summed E-state index contributed by atoms with van der Waals surface area (Å²) in [6.45, 7) is 3.62. The molecule has 4 heteroatoms. The van der Waals surface area contributed by atoms with Gasteiger partial charge in [0.15, 0.2) is 0 Å². The second kappa shape index (κ2) is 6.52. The number of aromatic nitrogens is 1. The molecule has 0 radical (unpaired) electrons. The van der Waals surface area contributed by atoms with Crippen molar-refractivity contribution in [1.82, 2.24) is 10.3 Å². The molecule has 0 saturated carbocycles. The number of thiazole rings is 1. The molecule has 0 aliphatic rings. The summed E-state index contributed by atoms with van der Waals surface area (Å²) >= 11 is 1.74. The summed E-state index contributed by atoms with van der Waals surface area (Å²) in [5, 5.41) is 4.26. The molecular weight excluding hydrogens is 244 g/mol. The molecule has 0 saturated heterocycles. The monoisotopic (exact) mass is 262 g/mol. The van der Waals surface area contributed by atoms with Gasteiger partial charge in [0.25, 0.3) is 0 Å². The number of nitrogens with one attached hydrogen (secondary N) is 1. The van der Waals surface area contributed by atoms with Crippen LogP contribution in [-0.4, -0.2) is 18.6 Å². The summed E-state index contributed by atoms with van der Waals surface area (Å²) < 4.78 is 5.76. The van der Waals surface area contributed by atoms with E-state index in [1.54, 1.807) is 11.3 Å². The fraction of sp³-hybridized carbons (Fsp3) is 0.357. The van der Waals surface area contributed by atoms with Crippen molar-refractivity contribution in [1.29, 1.82) is 0 Å². The molecule has 0 aliphatic heterocycles. The third-order valence-electron chi connectivity index (χ3n) is 2.62. The van der Waals surface area contributed by atoms with E-state index in [0.717, 1.165) is 23.7 Å². The second-order valence-corrected chi connectivity index (χ2v) is 5.31. The molecule has 0 atom stereocenters. The number of hydrogen-bond donors (Lipinski definition) is 1. The molecule has 1 aromatic carbocycles. The highest BCUT2D eigenvalue weighted by Gasteiger charge is 2.02. The number of benzene rings is 1. The van der Waals surface area contributed by atoms with Gasteiger partial charge in [-0.15, -0.1) is 11.3 Å². The largest absolute Gasteiger partial charge is 0.493 e. The van der Waals surface area contributed by atoms with Crippen molar-refractivity contribution in [2.75, 3.05) is 13.7 Å². The number of nitrogens with zero attached hydrogens (tertiary/aromatic N) is 1. The van der Waals surface area contributed by atoms with Crippen LogP contribution in [0.2, 0.25) is 0 Å². The lowest BCUT2D eigenvalue weighted by Gasteiger charge is -2.07. The zero-order valence-electron chi connectivity index (χ0n) is 10.8. The molecule has 0 unspecified atom stereocenters. The topological polar surface area (TPSA) is 34.2 Å². The van der Waals surface area contributed by atoms with E-state index >= 15 is 0 Å². The van der Waals surface area contributed by atoms with E-state index in [-0.39, 0.29) is 0 Å². The molecule has 1 aromatic heterocycles. The Bertz CT molecular complexity index is 496. The fourth-order valence-corrected chi connectivity index (χ4v) is 2.60. The first kappa shape index (κ1) is 13.1. The van der Waals surface area contributed by atoms with Crippen molar-refractivity contribution in [3.63, 3.8) is 0 Å². The normalized spacial score (nSPS) is 10.6. The number of ether oxygens (including phenoxy) is 1. The molecule has 96 valence electrons. The molecule has 18 heavy (non-hydrogen) atoms. The van der Waals surface area contributed by atoms with Gasteiger partial charge in [0.05, 0.1) is 11.6 Å². The van der Waals surface area contributed by atoms with E-state index < -0.39 is 0 Å². The van der Waals surface area contributed by atoms with Crippen molar-refractivity contribution >= 4 is 11.3 Å². The van der Waals surface area contributed by atoms with Crippen LogP contribution in [0.4, 0.5) is 0 Å². The van der Waals surface area contributed by atoms with E-state index in [4.69, 9.17) is 4.74 Å². The summed E-state index contributed by atoms with van der Waals surface area (Å²) in [7, 11) is 1.95. The number of aryl methyl sites for hydroxylation is 1. The van der Waals surface area contributed by atoms with Crippen molar-refractivity contribution in [2.24, 2.45) is 0 Å². The van der Waals surface area contributed by atoms with Crippen LogP contribution in [0.25, 0.3) is 0 Å². The van der Waals surface area contributed by atoms with E-state index in [2.05, 4.69) is 23.3 Å². The van der Waals surface area contributed by atoms with E-state index in [0.29, 0.717) is 6.61 Å². The Morgan fingerprint density at radius 1 is 1.33 bits per heavy atom. The van der Waals surface area contributed by atoms with Crippen LogP contribution in [-0.2, 0) is 13.0 Å². The van der Waals surface area contributed by atoms with Gasteiger partial charge in [0, 0.05) is 24.0 Å². The van der Waals surface area contributed by atoms with Gasteiger partial charge in [-0.3, -0.25) is 0 Å². The Morgan fingerprint density at radius 3 is 2.94 bits per heavy atom. The lowest BCUT2D eigenvalue weighted by molar-refractivity contribution is 0.319. The van der Waals surface area contributed by atoms with Crippen molar-refractivity contribution in [3.8, 4) is 5.75 Å². The molecule has 0 bridgehead atoms. The van der Waals surface area contributed by atoms with Crippen LogP contribution in [0.15, 0.2) is 30.5 Å².